The van der Waals surface area contributed by atoms with E-state index in [0.29, 0.717) is 5.56 Å². The number of ether oxygens (including phenoxy) is 2. The lowest BCUT2D eigenvalue weighted by atomic mass is 10.2. The Bertz CT molecular complexity index is 312. The lowest BCUT2D eigenvalue weighted by Gasteiger charge is -2.09. The first kappa shape index (κ1) is 10.3. The lowest BCUT2D eigenvalue weighted by Crippen LogP contribution is -2.06. The maximum absolute atomic E-state index is 10.3. The first-order valence-electron chi connectivity index (χ1n) is 3.86. The number of methoxy groups -OCH3 is 1. The van der Waals surface area contributed by atoms with E-state index >= 15 is 0 Å². The van der Waals surface area contributed by atoms with Crippen LogP contribution in [0.4, 0.5) is 4.79 Å². The molecule has 0 aliphatic rings. The molecular weight excluding hydrogens is 188 g/mol. The molecule has 5 heteroatoms. The van der Waals surface area contributed by atoms with E-state index in [1.165, 1.54) is 7.11 Å². The van der Waals surface area contributed by atoms with E-state index < -0.39 is 6.16 Å². The fraction of sp³-hybridized carbons (Fsp3) is 0.222. The predicted octanol–water partition coefficient (Wildman–Crippen LogP) is 1.24. The third kappa shape index (κ3) is 2.14. The molecule has 0 saturated heterocycles. The van der Waals surface area contributed by atoms with Crippen molar-refractivity contribution < 1.29 is 24.5 Å². The topological polar surface area (TPSA) is 76.0 Å². The summed E-state index contributed by atoms with van der Waals surface area (Å²) in [6.07, 6.45) is -1.44. The fourth-order valence-corrected chi connectivity index (χ4v) is 1.05. The van der Waals surface area contributed by atoms with Crippen LogP contribution in [-0.4, -0.2) is 23.5 Å². The average molecular weight is 198 g/mol. The Morgan fingerprint density at radius 2 is 2.21 bits per heavy atom. The van der Waals surface area contributed by atoms with Crippen molar-refractivity contribution in [3.8, 4) is 11.5 Å². The van der Waals surface area contributed by atoms with E-state index in [4.69, 9.17) is 14.9 Å². The largest absolute Gasteiger partial charge is 0.511 e. The van der Waals surface area contributed by atoms with Gasteiger partial charge in [-0.2, -0.15) is 0 Å². The first-order chi connectivity index (χ1) is 6.69. The summed E-state index contributed by atoms with van der Waals surface area (Å²) in [5.41, 5.74) is 0.367. The molecule has 0 aliphatic heterocycles. The molecule has 0 radical (unpaired) electrons. The van der Waals surface area contributed by atoms with Gasteiger partial charge in [-0.05, 0) is 6.07 Å². The fourth-order valence-electron chi connectivity index (χ4n) is 1.05. The van der Waals surface area contributed by atoms with Gasteiger partial charge in [-0.15, -0.1) is 0 Å². The molecule has 2 N–H and O–H groups in total. The number of hydrogen-bond donors (Lipinski definition) is 2. The summed E-state index contributed by atoms with van der Waals surface area (Å²) in [5.74, 6) is 0.309. The molecule has 0 aliphatic carbocycles. The van der Waals surface area contributed by atoms with Gasteiger partial charge in [0.15, 0.2) is 11.5 Å². The van der Waals surface area contributed by atoms with Gasteiger partial charge in [0.05, 0.1) is 13.7 Å². The van der Waals surface area contributed by atoms with E-state index in [-0.39, 0.29) is 18.1 Å². The van der Waals surface area contributed by atoms with Crippen molar-refractivity contribution in [3.05, 3.63) is 23.8 Å². The minimum absolute atomic E-state index is 0.0324. The van der Waals surface area contributed by atoms with Gasteiger partial charge in [-0.1, -0.05) is 12.1 Å². The van der Waals surface area contributed by atoms with E-state index in [2.05, 4.69) is 4.74 Å². The summed E-state index contributed by atoms with van der Waals surface area (Å²) in [6, 6.07) is 4.75. The van der Waals surface area contributed by atoms with Crippen LogP contribution < -0.4 is 9.47 Å². The second-order valence-corrected chi connectivity index (χ2v) is 2.47. The predicted molar refractivity (Wildman–Crippen MR) is 47.6 cm³/mol. The highest BCUT2D eigenvalue weighted by Gasteiger charge is 2.12. The first-order valence-corrected chi connectivity index (χ1v) is 3.86. The molecule has 1 rings (SSSR count). The lowest BCUT2D eigenvalue weighted by molar-refractivity contribution is 0.141. The Morgan fingerprint density at radius 3 is 2.71 bits per heavy atom. The van der Waals surface area contributed by atoms with Crippen LogP contribution in [0, 0.1) is 0 Å². The Balaban J connectivity index is 3.12. The second kappa shape index (κ2) is 4.48. The summed E-state index contributed by atoms with van der Waals surface area (Å²) in [5, 5.41) is 17.4. The van der Waals surface area contributed by atoms with Crippen LogP contribution in [0.2, 0.25) is 0 Å². The van der Waals surface area contributed by atoms with E-state index in [1.807, 2.05) is 0 Å². The summed E-state index contributed by atoms with van der Waals surface area (Å²) in [6.45, 7) is -0.306. The van der Waals surface area contributed by atoms with Crippen LogP contribution in [-0.2, 0) is 6.61 Å². The van der Waals surface area contributed by atoms with Gasteiger partial charge >= 0.3 is 6.16 Å². The molecule has 5 nitrogen and oxygen atoms in total. The minimum Gasteiger partial charge on any atom is -0.493 e. The van der Waals surface area contributed by atoms with E-state index in [1.54, 1.807) is 18.2 Å². The number of rotatable bonds is 3. The number of hydrogen-bond acceptors (Lipinski definition) is 4. The van der Waals surface area contributed by atoms with Crippen LogP contribution in [0.5, 0.6) is 11.5 Å². The Hall–Kier alpha value is -1.75. The quantitative estimate of drug-likeness (QED) is 0.564. The standard InChI is InChI=1S/C9H10O5/c1-13-7-4-2-3-6(5-10)8(7)14-9(11)12/h2-4,10H,5H2,1H3,(H,11,12). The summed E-state index contributed by atoms with van der Waals surface area (Å²) >= 11 is 0. The normalized spacial score (nSPS) is 9.57. The monoisotopic (exact) mass is 198 g/mol. The van der Waals surface area contributed by atoms with Gasteiger partial charge in [0, 0.05) is 5.56 Å². The van der Waals surface area contributed by atoms with Crippen LogP contribution in [0.3, 0.4) is 0 Å². The number of aliphatic hydroxyl groups excluding tert-OH is 1. The van der Waals surface area contributed by atoms with Crippen molar-refractivity contribution in [1.82, 2.24) is 0 Å². The van der Waals surface area contributed by atoms with Crippen molar-refractivity contribution in [2.45, 2.75) is 6.61 Å². The zero-order valence-electron chi connectivity index (χ0n) is 7.56. The molecular formula is C9H10O5. The van der Waals surface area contributed by atoms with Crippen molar-refractivity contribution >= 4 is 6.16 Å². The Kier molecular flexibility index (Phi) is 3.30. The Morgan fingerprint density at radius 1 is 1.50 bits per heavy atom. The molecule has 0 fully saturated rings. The highest BCUT2D eigenvalue weighted by molar-refractivity contribution is 5.64. The maximum Gasteiger partial charge on any atom is 0.511 e. The van der Waals surface area contributed by atoms with Gasteiger partial charge in [-0.25, -0.2) is 4.79 Å². The highest BCUT2D eigenvalue weighted by atomic mass is 16.7. The third-order valence-corrected chi connectivity index (χ3v) is 1.64. The van der Waals surface area contributed by atoms with Crippen LogP contribution in [0.15, 0.2) is 18.2 Å². The zero-order valence-corrected chi connectivity index (χ0v) is 7.56. The number of para-hydroxylation sites is 1. The van der Waals surface area contributed by atoms with Crippen LogP contribution >= 0.6 is 0 Å². The second-order valence-electron chi connectivity index (χ2n) is 2.47. The van der Waals surface area contributed by atoms with Gasteiger partial charge in [-0.3, -0.25) is 0 Å². The molecule has 0 atom stereocenters. The van der Waals surface area contributed by atoms with Crippen molar-refractivity contribution in [2.24, 2.45) is 0 Å². The van der Waals surface area contributed by atoms with E-state index in [9.17, 15) is 4.79 Å². The number of aliphatic hydroxyl groups is 1. The SMILES string of the molecule is COc1cccc(CO)c1OC(=O)O. The molecule has 0 amide bonds. The molecule has 0 spiro atoms. The van der Waals surface area contributed by atoms with E-state index in [0.717, 1.165) is 0 Å². The highest BCUT2D eigenvalue weighted by Crippen LogP contribution is 2.30. The van der Waals surface area contributed by atoms with Gasteiger partial charge in [0.25, 0.3) is 0 Å². The molecule has 14 heavy (non-hydrogen) atoms. The maximum atomic E-state index is 10.3. The van der Waals surface area contributed by atoms with Crippen molar-refractivity contribution in [1.29, 1.82) is 0 Å². The molecule has 1 aromatic rings. The molecule has 0 heterocycles. The molecule has 0 saturated carbocycles. The molecule has 0 aromatic heterocycles. The Labute approximate surface area is 80.5 Å². The third-order valence-electron chi connectivity index (χ3n) is 1.64. The number of benzene rings is 1. The molecule has 1 aromatic carbocycles. The van der Waals surface area contributed by atoms with Crippen molar-refractivity contribution in [3.63, 3.8) is 0 Å². The average Bonchev–Trinajstić information content (AvgIpc) is 2.17. The smallest absolute Gasteiger partial charge is 0.493 e. The molecule has 0 bridgehead atoms. The van der Waals surface area contributed by atoms with Gasteiger partial charge in [0.2, 0.25) is 0 Å². The molecule has 0 unspecified atom stereocenters. The molecule has 76 valence electrons. The number of carboxylic acid groups (broad SMARTS) is 1. The summed E-state index contributed by atoms with van der Waals surface area (Å²) in [7, 11) is 1.39. The van der Waals surface area contributed by atoms with Crippen LogP contribution in [0.1, 0.15) is 5.56 Å². The van der Waals surface area contributed by atoms with Crippen LogP contribution in [0.25, 0.3) is 0 Å². The van der Waals surface area contributed by atoms with Gasteiger partial charge in [0.1, 0.15) is 0 Å². The summed E-state index contributed by atoms with van der Waals surface area (Å²) < 4.78 is 9.38. The van der Waals surface area contributed by atoms with Crippen molar-refractivity contribution in [2.75, 3.05) is 7.11 Å². The zero-order chi connectivity index (χ0) is 10.6. The number of carbonyl (C=O) groups is 1. The van der Waals surface area contributed by atoms with Gasteiger partial charge < -0.3 is 19.7 Å². The summed E-state index contributed by atoms with van der Waals surface area (Å²) in [4.78, 5) is 10.3. The minimum atomic E-state index is -1.44.